The van der Waals surface area contributed by atoms with Gasteiger partial charge in [0, 0.05) is 11.7 Å². The molecule has 1 unspecified atom stereocenters. The van der Waals surface area contributed by atoms with Gasteiger partial charge in [0.1, 0.15) is 11.5 Å². The molecule has 0 radical (unpaired) electrons. The molecule has 0 bridgehead atoms. The Labute approximate surface area is 107 Å². The Balaban J connectivity index is 2.32. The molecule has 2 N–H and O–H groups in total. The SMILES string of the molecule is CC(CSCc1ccc(CN(C)C)o1)C(N)=O. The molecule has 0 aliphatic heterocycles. The summed E-state index contributed by atoms with van der Waals surface area (Å²) < 4.78 is 5.66. The largest absolute Gasteiger partial charge is 0.464 e. The molecule has 0 aliphatic rings. The van der Waals surface area contributed by atoms with Crippen molar-refractivity contribution in [1.82, 2.24) is 4.90 Å². The third kappa shape index (κ3) is 5.28. The maximum absolute atomic E-state index is 10.8. The molecule has 0 aliphatic carbocycles. The molecule has 0 spiro atoms. The molecule has 5 heteroatoms. The highest BCUT2D eigenvalue weighted by atomic mass is 32.2. The van der Waals surface area contributed by atoms with E-state index in [4.69, 9.17) is 10.2 Å². The standard InChI is InChI=1S/C12H20N2O2S/c1-9(12(13)15)7-17-8-11-5-4-10(16-11)6-14(2)3/h4-5,9H,6-8H2,1-3H3,(H2,13,15). The maximum Gasteiger partial charge on any atom is 0.221 e. The summed E-state index contributed by atoms with van der Waals surface area (Å²) in [7, 11) is 4.01. The van der Waals surface area contributed by atoms with Crippen LogP contribution in [0.15, 0.2) is 16.5 Å². The minimum absolute atomic E-state index is 0.0868. The van der Waals surface area contributed by atoms with Crippen molar-refractivity contribution in [2.45, 2.75) is 19.2 Å². The zero-order chi connectivity index (χ0) is 12.8. The van der Waals surface area contributed by atoms with Crippen LogP contribution in [0.4, 0.5) is 0 Å². The summed E-state index contributed by atoms with van der Waals surface area (Å²) in [6.07, 6.45) is 0. The molecular formula is C12H20N2O2S. The molecule has 96 valence electrons. The molecule has 17 heavy (non-hydrogen) atoms. The van der Waals surface area contributed by atoms with E-state index in [2.05, 4.69) is 4.90 Å². The van der Waals surface area contributed by atoms with Crippen LogP contribution in [0.3, 0.4) is 0 Å². The number of thioether (sulfide) groups is 1. The van der Waals surface area contributed by atoms with E-state index in [1.165, 1.54) is 0 Å². The minimum atomic E-state index is -0.245. The number of carbonyl (C=O) groups excluding carboxylic acids is 1. The van der Waals surface area contributed by atoms with Crippen molar-refractivity contribution >= 4 is 17.7 Å². The Morgan fingerprint density at radius 3 is 2.71 bits per heavy atom. The van der Waals surface area contributed by atoms with Gasteiger partial charge >= 0.3 is 0 Å². The topological polar surface area (TPSA) is 59.5 Å². The van der Waals surface area contributed by atoms with Gasteiger partial charge in [-0.15, -0.1) is 0 Å². The predicted octanol–water partition coefficient (Wildman–Crippen LogP) is 1.70. The van der Waals surface area contributed by atoms with Crippen LogP contribution >= 0.6 is 11.8 Å². The first kappa shape index (κ1) is 14.1. The molecule has 0 saturated heterocycles. The van der Waals surface area contributed by atoms with Gasteiger partial charge in [-0.3, -0.25) is 4.79 Å². The first-order valence-electron chi connectivity index (χ1n) is 5.58. The lowest BCUT2D eigenvalue weighted by molar-refractivity contribution is -0.120. The summed E-state index contributed by atoms with van der Waals surface area (Å²) in [5.41, 5.74) is 5.19. The summed E-state index contributed by atoms with van der Waals surface area (Å²) in [6, 6.07) is 3.98. The van der Waals surface area contributed by atoms with Crippen molar-refractivity contribution in [1.29, 1.82) is 0 Å². The third-order valence-corrected chi connectivity index (χ3v) is 3.51. The van der Waals surface area contributed by atoms with E-state index < -0.39 is 0 Å². The average molecular weight is 256 g/mol. The second-order valence-electron chi connectivity index (χ2n) is 4.42. The van der Waals surface area contributed by atoms with Crippen molar-refractivity contribution in [2.24, 2.45) is 11.7 Å². The second-order valence-corrected chi connectivity index (χ2v) is 5.45. The number of hydrogen-bond donors (Lipinski definition) is 1. The Hall–Kier alpha value is -0.940. The fraction of sp³-hybridized carbons (Fsp3) is 0.583. The zero-order valence-electron chi connectivity index (χ0n) is 10.6. The molecule has 0 saturated carbocycles. The van der Waals surface area contributed by atoms with Crippen LogP contribution in [0.2, 0.25) is 0 Å². The molecule has 1 amide bonds. The number of amides is 1. The number of hydrogen-bond acceptors (Lipinski definition) is 4. The summed E-state index contributed by atoms with van der Waals surface area (Å²) >= 11 is 1.67. The molecule has 0 fully saturated rings. The van der Waals surface area contributed by atoms with Gasteiger partial charge in [0.05, 0.1) is 12.3 Å². The van der Waals surface area contributed by atoms with Crippen LogP contribution < -0.4 is 5.73 Å². The quantitative estimate of drug-likeness (QED) is 0.806. The predicted molar refractivity (Wildman–Crippen MR) is 70.6 cm³/mol. The van der Waals surface area contributed by atoms with Gasteiger partial charge in [-0.25, -0.2) is 0 Å². The van der Waals surface area contributed by atoms with Crippen LogP contribution in [0.5, 0.6) is 0 Å². The van der Waals surface area contributed by atoms with Gasteiger partial charge in [-0.1, -0.05) is 6.92 Å². The van der Waals surface area contributed by atoms with Crippen molar-refractivity contribution in [3.8, 4) is 0 Å². The molecule has 4 nitrogen and oxygen atoms in total. The highest BCUT2D eigenvalue weighted by Crippen LogP contribution is 2.18. The van der Waals surface area contributed by atoms with E-state index in [0.717, 1.165) is 29.6 Å². The highest BCUT2D eigenvalue weighted by molar-refractivity contribution is 7.98. The fourth-order valence-corrected chi connectivity index (χ4v) is 2.31. The number of nitrogens with two attached hydrogens (primary N) is 1. The van der Waals surface area contributed by atoms with Crippen molar-refractivity contribution < 1.29 is 9.21 Å². The smallest absolute Gasteiger partial charge is 0.221 e. The number of carbonyl (C=O) groups is 1. The molecule has 1 heterocycles. The van der Waals surface area contributed by atoms with Crippen molar-refractivity contribution in [3.05, 3.63) is 23.7 Å². The van der Waals surface area contributed by atoms with Gasteiger partial charge < -0.3 is 15.1 Å². The van der Waals surface area contributed by atoms with Gasteiger partial charge in [0.2, 0.25) is 5.91 Å². The second kappa shape index (κ2) is 6.71. The summed E-state index contributed by atoms with van der Waals surface area (Å²) in [4.78, 5) is 12.9. The molecule has 1 atom stereocenters. The van der Waals surface area contributed by atoms with E-state index in [0.29, 0.717) is 0 Å². The number of primary amides is 1. The number of furan rings is 1. The van der Waals surface area contributed by atoms with Gasteiger partial charge in [0.15, 0.2) is 0 Å². The first-order valence-corrected chi connectivity index (χ1v) is 6.74. The number of rotatable bonds is 7. The van der Waals surface area contributed by atoms with Crippen LogP contribution in [-0.4, -0.2) is 30.7 Å². The van der Waals surface area contributed by atoms with E-state index >= 15 is 0 Å². The molecule has 1 aromatic heterocycles. The lowest BCUT2D eigenvalue weighted by atomic mass is 10.2. The maximum atomic E-state index is 10.8. The van der Waals surface area contributed by atoms with Gasteiger partial charge in [-0.05, 0) is 26.2 Å². The average Bonchev–Trinajstić information content (AvgIpc) is 2.64. The van der Waals surface area contributed by atoms with Crippen molar-refractivity contribution in [2.75, 3.05) is 19.8 Å². The first-order chi connectivity index (χ1) is 7.99. The Kier molecular flexibility index (Phi) is 5.58. The van der Waals surface area contributed by atoms with E-state index in [1.807, 2.05) is 33.2 Å². The Morgan fingerprint density at radius 1 is 1.47 bits per heavy atom. The minimum Gasteiger partial charge on any atom is -0.464 e. The van der Waals surface area contributed by atoms with E-state index in [-0.39, 0.29) is 11.8 Å². The van der Waals surface area contributed by atoms with Crippen LogP contribution in [0, 0.1) is 5.92 Å². The van der Waals surface area contributed by atoms with Crippen LogP contribution in [-0.2, 0) is 17.1 Å². The van der Waals surface area contributed by atoms with Crippen LogP contribution in [0.25, 0.3) is 0 Å². The lowest BCUT2D eigenvalue weighted by Crippen LogP contribution is -2.22. The molecule has 1 aromatic rings. The summed E-state index contributed by atoms with van der Waals surface area (Å²) in [5, 5.41) is 0. The molecule has 1 rings (SSSR count). The third-order valence-electron chi connectivity index (χ3n) is 2.29. The van der Waals surface area contributed by atoms with E-state index in [9.17, 15) is 4.79 Å². The fourth-order valence-electron chi connectivity index (χ4n) is 1.31. The van der Waals surface area contributed by atoms with Gasteiger partial charge in [0.25, 0.3) is 0 Å². The van der Waals surface area contributed by atoms with E-state index in [1.54, 1.807) is 11.8 Å². The Morgan fingerprint density at radius 2 is 2.12 bits per heavy atom. The number of nitrogens with zero attached hydrogens (tertiary/aromatic N) is 1. The van der Waals surface area contributed by atoms with Crippen molar-refractivity contribution in [3.63, 3.8) is 0 Å². The monoisotopic (exact) mass is 256 g/mol. The Bertz CT molecular complexity index is 363. The van der Waals surface area contributed by atoms with Crippen LogP contribution in [0.1, 0.15) is 18.4 Å². The van der Waals surface area contributed by atoms with Gasteiger partial charge in [-0.2, -0.15) is 11.8 Å². The molecular weight excluding hydrogens is 236 g/mol. The zero-order valence-corrected chi connectivity index (χ0v) is 11.4. The highest BCUT2D eigenvalue weighted by Gasteiger charge is 2.09. The lowest BCUT2D eigenvalue weighted by Gasteiger charge is -2.06. The summed E-state index contributed by atoms with van der Waals surface area (Å²) in [5.74, 6) is 3.10. The molecule has 0 aromatic carbocycles. The normalized spacial score (nSPS) is 12.9. The summed E-state index contributed by atoms with van der Waals surface area (Å²) in [6.45, 7) is 2.65.